The molecule has 101 heavy (non-hydrogen) atoms. The molecule has 0 saturated heterocycles. The molecular formula is C65H97N9O27. The molecule has 4 fully saturated rings. The van der Waals surface area contributed by atoms with Crippen molar-refractivity contribution < 1.29 is 134 Å². The Bertz CT molecular complexity index is 2890. The van der Waals surface area contributed by atoms with E-state index >= 15 is 0 Å². The zero-order valence-electron chi connectivity index (χ0n) is 56.8. The number of rotatable bonds is 46. The molecule has 0 bridgehead atoms. The van der Waals surface area contributed by atoms with E-state index in [2.05, 4.69) is 29.8 Å². The minimum atomic E-state index is -1.65. The van der Waals surface area contributed by atoms with E-state index in [0.29, 0.717) is 38.5 Å². The monoisotopic (exact) mass is 1440 g/mol. The van der Waals surface area contributed by atoms with Gasteiger partial charge in [0.15, 0.2) is 0 Å². The van der Waals surface area contributed by atoms with Gasteiger partial charge >= 0.3 is 65.7 Å². The summed E-state index contributed by atoms with van der Waals surface area (Å²) in [4.78, 5) is 180. The fourth-order valence-corrected chi connectivity index (χ4v) is 16.2. The van der Waals surface area contributed by atoms with Crippen LogP contribution in [0.25, 0.3) is 0 Å². The number of carbonyl (C=O) groups is 14. The molecule has 36 nitrogen and oxygen atoms in total. The van der Waals surface area contributed by atoms with Gasteiger partial charge < -0.3 is 82.3 Å². The maximum absolute atomic E-state index is 14.7. The topological polar surface area (TPSA) is 558 Å². The number of aliphatic hydroxyl groups excluding tert-OH is 2. The summed E-state index contributed by atoms with van der Waals surface area (Å²) in [6.07, 6.45) is 0.465. The Hall–Kier alpha value is -8.52. The molecule has 0 spiro atoms. The van der Waals surface area contributed by atoms with Crippen LogP contribution in [0.3, 0.4) is 0 Å². The van der Waals surface area contributed by atoms with Gasteiger partial charge in [0.2, 0.25) is 11.8 Å². The number of aliphatic hydroxyl groups is 2. The Labute approximate surface area is 581 Å². The lowest BCUT2D eigenvalue weighted by Gasteiger charge is -2.63. The molecule has 36 heteroatoms. The van der Waals surface area contributed by atoms with E-state index in [4.69, 9.17) is 0 Å². The Balaban J connectivity index is 1.45. The molecule has 4 saturated carbocycles. The highest BCUT2D eigenvalue weighted by Gasteiger charge is 2.66. The second kappa shape index (κ2) is 37.9. The SMILES string of the molecule is C[C@H](CCC(=O)O)[C@H]1CC[C@H]2[C@@H]3[C@H](O)C[C@@H]4C[C@@H](NC(=O)c5cc(NC(=O)CCC(C(=O)O)N(CCN(CC(=O)O)CC(=O)O)CCN(CC(=O)O)CC(=O)O)cc(NC(=O)CCC(C(=O)O)N(CCN(CC(=O)O)CC(=O)O)CCN(CC(=O)O)CC(=O)O)c5)CC[C@]4(C)[C@H]3C[C@H](O)[C@]12C. The van der Waals surface area contributed by atoms with Crippen molar-refractivity contribution in [2.75, 3.05) is 115 Å². The molecule has 1 aromatic carbocycles. The van der Waals surface area contributed by atoms with Gasteiger partial charge in [-0.1, -0.05) is 20.8 Å². The van der Waals surface area contributed by atoms with Crippen LogP contribution in [0, 0.1) is 46.3 Å². The van der Waals surface area contributed by atoms with Crippen molar-refractivity contribution >= 4 is 94.8 Å². The second-order valence-electron chi connectivity index (χ2n) is 27.7. The summed E-state index contributed by atoms with van der Waals surface area (Å²) >= 11 is 0. The Kier molecular flexibility index (Phi) is 31.2. The van der Waals surface area contributed by atoms with Gasteiger partial charge in [0.1, 0.15) is 12.1 Å². The first kappa shape index (κ1) is 83.1. The van der Waals surface area contributed by atoms with Gasteiger partial charge in [0, 0.05) is 94.6 Å². The summed E-state index contributed by atoms with van der Waals surface area (Å²) in [5, 5.41) is 139. The standard InChI is InChI=1S/C65H97N9O27/c1-36(4-11-51(79)80)42-5-6-43-60-44(27-48(76)65(42,43)3)64(2)13-12-39(24-38(64)25-47(60)75)68-61(97)37-22-40(66-49(77)9-7-45(62(98)99)73(18-14-69(28-52(81)82)29-53(83)84)19-15-70(30-54(85)86)31-55(87)88)26-41(23-37)67-50(78)10-8-46(63(100)101)74(20-16-71(32-56(89)90)33-57(91)92)21-17-72(34-58(93)94)35-59(95)96/h22-23,26,36,38-39,42-48,60,75-76H,4-21,24-25,27-35H2,1-3H3,(H,66,77)(H,67,78)(H,68,97)(H,79,80)(H,81,82)(H,83,84)(H,85,86)(H,87,88)(H,89,90)(H,91,92)(H,93,94)(H,95,96)(H,98,99)(H,100,101)/t36-,38+,39+,42-,43+,44+,45?,46?,47-,48+,60+,64+,65-/m1/s1. The van der Waals surface area contributed by atoms with E-state index in [1.807, 2.05) is 6.92 Å². The highest BCUT2D eigenvalue weighted by atomic mass is 16.4. The number of benzene rings is 1. The summed E-state index contributed by atoms with van der Waals surface area (Å²) in [6, 6.07) is -0.0889. The number of fused-ring (bicyclic) bond motifs is 5. The molecular weight excluding hydrogens is 1340 g/mol. The maximum atomic E-state index is 14.7. The van der Waals surface area contributed by atoms with Crippen LogP contribution in [0.1, 0.15) is 115 Å². The second-order valence-corrected chi connectivity index (χ2v) is 27.7. The fourth-order valence-electron chi connectivity index (χ4n) is 16.2. The van der Waals surface area contributed by atoms with E-state index < -0.39 is 197 Å². The Morgan fingerprint density at radius 2 is 0.851 bits per heavy atom. The maximum Gasteiger partial charge on any atom is 0.320 e. The summed E-state index contributed by atoms with van der Waals surface area (Å²) in [5.74, 6) is -18.2. The number of carboxylic acids is 11. The Morgan fingerprint density at radius 3 is 1.21 bits per heavy atom. The molecule has 0 heterocycles. The van der Waals surface area contributed by atoms with Crippen molar-refractivity contribution in [2.45, 2.75) is 135 Å². The largest absolute Gasteiger partial charge is 0.481 e. The van der Waals surface area contributed by atoms with Crippen LogP contribution in [-0.4, -0.2) is 314 Å². The predicted molar refractivity (Wildman–Crippen MR) is 350 cm³/mol. The molecule has 3 amide bonds. The van der Waals surface area contributed by atoms with Crippen LogP contribution < -0.4 is 16.0 Å². The number of carboxylic acid groups (broad SMARTS) is 11. The molecule has 564 valence electrons. The Morgan fingerprint density at radius 1 is 0.465 bits per heavy atom. The number of nitrogens with zero attached hydrogens (tertiary/aromatic N) is 6. The summed E-state index contributed by atoms with van der Waals surface area (Å²) in [5.41, 5.74) is -1.39. The molecule has 4 aliphatic rings. The first-order valence-corrected chi connectivity index (χ1v) is 33.5. The number of hydrogen-bond acceptors (Lipinski definition) is 22. The number of amides is 3. The highest BCUT2D eigenvalue weighted by Crippen LogP contribution is 2.68. The van der Waals surface area contributed by atoms with Gasteiger partial charge in [-0.2, -0.15) is 0 Å². The van der Waals surface area contributed by atoms with Gasteiger partial charge in [0.25, 0.3) is 5.91 Å². The van der Waals surface area contributed by atoms with Crippen LogP contribution in [0.2, 0.25) is 0 Å². The normalized spacial score (nSPS) is 24.0. The van der Waals surface area contributed by atoms with Crippen LogP contribution >= 0.6 is 0 Å². The number of aliphatic carboxylic acids is 11. The lowest BCUT2D eigenvalue weighted by atomic mass is 9.43. The van der Waals surface area contributed by atoms with Crippen molar-refractivity contribution in [3.05, 3.63) is 23.8 Å². The zero-order chi connectivity index (χ0) is 75.4. The molecule has 0 aromatic heterocycles. The summed E-state index contributed by atoms with van der Waals surface area (Å²) in [6.45, 7) is -3.23. The third-order valence-electron chi connectivity index (χ3n) is 20.9. The van der Waals surface area contributed by atoms with E-state index in [1.165, 1.54) is 28.0 Å². The molecule has 13 atom stereocenters. The molecule has 5 rings (SSSR count). The van der Waals surface area contributed by atoms with Crippen LogP contribution in [0.15, 0.2) is 18.2 Å². The minimum absolute atomic E-state index is 0.00292. The quantitative estimate of drug-likeness (QED) is 0.0399. The summed E-state index contributed by atoms with van der Waals surface area (Å²) < 4.78 is 0. The highest BCUT2D eigenvalue weighted by molar-refractivity contribution is 6.01. The third kappa shape index (κ3) is 24.9. The van der Waals surface area contributed by atoms with Crippen molar-refractivity contribution in [2.24, 2.45) is 46.3 Å². The minimum Gasteiger partial charge on any atom is -0.481 e. The van der Waals surface area contributed by atoms with Gasteiger partial charge in [-0.05, 0) is 129 Å². The van der Waals surface area contributed by atoms with Crippen LogP contribution in [0.5, 0.6) is 0 Å². The lowest BCUT2D eigenvalue weighted by Crippen LogP contribution is -2.63. The van der Waals surface area contributed by atoms with Gasteiger partial charge in [-0.3, -0.25) is 96.5 Å². The fraction of sp³-hybridized carbons (Fsp3) is 0.692. The van der Waals surface area contributed by atoms with E-state index in [9.17, 15) is 134 Å². The van der Waals surface area contributed by atoms with E-state index in [1.54, 1.807) is 0 Å². The van der Waals surface area contributed by atoms with Crippen molar-refractivity contribution in [1.82, 2.24) is 34.7 Å². The average molecular weight is 1440 g/mol. The van der Waals surface area contributed by atoms with Gasteiger partial charge in [-0.25, -0.2) is 0 Å². The average Bonchev–Trinajstić information content (AvgIpc) is 1.67. The molecule has 0 aliphatic heterocycles. The first-order valence-electron chi connectivity index (χ1n) is 33.5. The number of hydrogen-bond donors (Lipinski definition) is 16. The molecule has 16 N–H and O–H groups in total. The smallest absolute Gasteiger partial charge is 0.320 e. The van der Waals surface area contributed by atoms with E-state index in [-0.39, 0.29) is 117 Å². The molecule has 2 unspecified atom stereocenters. The van der Waals surface area contributed by atoms with Crippen LogP contribution in [0.4, 0.5) is 11.4 Å². The molecule has 1 aromatic rings. The van der Waals surface area contributed by atoms with Gasteiger partial charge in [0.05, 0.1) is 64.6 Å². The molecule has 4 aliphatic carbocycles. The number of carbonyl (C=O) groups excluding carboxylic acids is 3. The van der Waals surface area contributed by atoms with E-state index in [0.717, 1.165) is 32.4 Å². The number of nitrogens with one attached hydrogen (secondary N) is 3. The summed E-state index contributed by atoms with van der Waals surface area (Å²) in [7, 11) is 0. The molecule has 0 radical (unpaired) electrons. The van der Waals surface area contributed by atoms with Crippen molar-refractivity contribution in [3.8, 4) is 0 Å². The van der Waals surface area contributed by atoms with Crippen LogP contribution in [-0.2, 0) is 62.3 Å². The number of anilines is 2. The van der Waals surface area contributed by atoms with Gasteiger partial charge in [-0.15, -0.1) is 0 Å². The predicted octanol–water partition coefficient (Wildman–Crippen LogP) is -0.281. The van der Waals surface area contributed by atoms with Crippen molar-refractivity contribution in [3.63, 3.8) is 0 Å². The zero-order valence-corrected chi connectivity index (χ0v) is 56.8. The first-order chi connectivity index (χ1) is 47.3. The third-order valence-corrected chi connectivity index (χ3v) is 20.9. The van der Waals surface area contributed by atoms with Crippen molar-refractivity contribution in [1.29, 1.82) is 0 Å². The lowest BCUT2D eigenvalue weighted by molar-refractivity contribution is -0.202.